The predicted octanol–water partition coefficient (Wildman–Crippen LogP) is 3.32. The van der Waals surface area contributed by atoms with Gasteiger partial charge in [0.15, 0.2) is 0 Å². The highest BCUT2D eigenvalue weighted by Crippen LogP contribution is 2.30. The van der Waals surface area contributed by atoms with Crippen LogP contribution in [0.25, 0.3) is 10.9 Å². The number of rotatable bonds is 1. The van der Waals surface area contributed by atoms with Crippen molar-refractivity contribution in [1.29, 1.82) is 0 Å². The SMILES string of the molecule is Cc1nc2ccccc2c(C2=NCC(C)(C)N2C)c1C. The number of hydrogen-bond acceptors (Lipinski definition) is 3. The highest BCUT2D eigenvalue weighted by atomic mass is 15.3. The van der Waals surface area contributed by atoms with Gasteiger partial charge in [0, 0.05) is 23.7 Å². The second kappa shape index (κ2) is 4.30. The van der Waals surface area contributed by atoms with Crippen LogP contribution in [-0.4, -0.2) is 34.9 Å². The Hall–Kier alpha value is -1.90. The standard InChI is InChI=1S/C17H21N3/c1-11-12(2)19-14-9-7-6-8-13(14)15(11)16-18-10-17(3,4)20(16)5/h6-9H,10H2,1-5H3. The highest BCUT2D eigenvalue weighted by molar-refractivity contribution is 6.11. The number of para-hydroxylation sites is 1. The molecule has 3 rings (SSSR count). The van der Waals surface area contributed by atoms with Crippen molar-refractivity contribution in [2.45, 2.75) is 33.2 Å². The Bertz CT molecular complexity index is 713. The lowest BCUT2D eigenvalue weighted by Gasteiger charge is -2.31. The molecule has 3 nitrogen and oxygen atoms in total. The largest absolute Gasteiger partial charge is 0.352 e. The van der Waals surface area contributed by atoms with Crippen LogP contribution in [0.3, 0.4) is 0 Å². The first-order valence-corrected chi connectivity index (χ1v) is 7.06. The van der Waals surface area contributed by atoms with E-state index in [1.54, 1.807) is 0 Å². The first-order chi connectivity index (χ1) is 9.42. The third-order valence-corrected chi connectivity index (χ3v) is 4.44. The molecule has 1 aromatic carbocycles. The minimum atomic E-state index is 0.0834. The van der Waals surface area contributed by atoms with Gasteiger partial charge in [0.05, 0.1) is 17.6 Å². The van der Waals surface area contributed by atoms with E-state index in [4.69, 9.17) is 9.98 Å². The molecule has 1 aliphatic rings. The van der Waals surface area contributed by atoms with Gasteiger partial charge in [0.25, 0.3) is 0 Å². The number of benzene rings is 1. The zero-order valence-electron chi connectivity index (χ0n) is 12.9. The summed E-state index contributed by atoms with van der Waals surface area (Å²) in [6.45, 7) is 9.52. The molecule has 0 spiro atoms. The quantitative estimate of drug-likeness (QED) is 0.793. The van der Waals surface area contributed by atoms with Crippen molar-refractivity contribution in [1.82, 2.24) is 9.88 Å². The van der Waals surface area contributed by atoms with E-state index in [1.807, 2.05) is 6.07 Å². The number of amidine groups is 1. The molecule has 0 radical (unpaired) electrons. The Labute approximate surface area is 120 Å². The van der Waals surface area contributed by atoms with Gasteiger partial charge in [0.2, 0.25) is 0 Å². The van der Waals surface area contributed by atoms with Gasteiger partial charge in [-0.3, -0.25) is 9.98 Å². The molecule has 2 heterocycles. The summed E-state index contributed by atoms with van der Waals surface area (Å²) in [4.78, 5) is 11.8. The van der Waals surface area contributed by atoms with Crippen molar-refractivity contribution in [3.63, 3.8) is 0 Å². The molecule has 0 saturated carbocycles. The Morgan fingerprint density at radius 3 is 2.50 bits per heavy atom. The lowest BCUT2D eigenvalue weighted by molar-refractivity contribution is 0.292. The monoisotopic (exact) mass is 267 g/mol. The minimum Gasteiger partial charge on any atom is -0.352 e. The Morgan fingerprint density at radius 2 is 1.85 bits per heavy atom. The molecule has 0 aliphatic carbocycles. The van der Waals surface area contributed by atoms with E-state index in [1.165, 1.54) is 16.5 Å². The summed E-state index contributed by atoms with van der Waals surface area (Å²) in [5, 5.41) is 1.19. The molecule has 3 heteroatoms. The molecule has 20 heavy (non-hydrogen) atoms. The van der Waals surface area contributed by atoms with Gasteiger partial charge in [-0.1, -0.05) is 18.2 Å². The maximum Gasteiger partial charge on any atom is 0.132 e. The second-order valence-corrected chi connectivity index (χ2v) is 6.23. The lowest BCUT2D eigenvalue weighted by atomic mass is 9.99. The van der Waals surface area contributed by atoms with Gasteiger partial charge in [-0.2, -0.15) is 0 Å². The third kappa shape index (κ3) is 1.80. The Morgan fingerprint density at radius 1 is 1.15 bits per heavy atom. The molecule has 2 aromatic rings. The fraction of sp³-hybridized carbons (Fsp3) is 0.412. The average Bonchev–Trinajstić information content (AvgIpc) is 2.67. The molecule has 1 aromatic heterocycles. The van der Waals surface area contributed by atoms with Crippen LogP contribution in [0.1, 0.15) is 30.7 Å². The number of fused-ring (bicyclic) bond motifs is 1. The van der Waals surface area contributed by atoms with Crippen LogP contribution in [0.5, 0.6) is 0 Å². The molecule has 0 N–H and O–H groups in total. The van der Waals surface area contributed by atoms with E-state index in [-0.39, 0.29) is 5.54 Å². The minimum absolute atomic E-state index is 0.0834. The summed E-state index contributed by atoms with van der Waals surface area (Å²) >= 11 is 0. The van der Waals surface area contributed by atoms with Crippen LogP contribution in [0, 0.1) is 13.8 Å². The van der Waals surface area contributed by atoms with Crippen molar-refractivity contribution in [2.75, 3.05) is 13.6 Å². The summed E-state index contributed by atoms with van der Waals surface area (Å²) in [5.41, 5.74) is 4.68. The molecule has 0 unspecified atom stereocenters. The molecular formula is C17H21N3. The van der Waals surface area contributed by atoms with Crippen molar-refractivity contribution in [2.24, 2.45) is 4.99 Å². The van der Waals surface area contributed by atoms with Crippen LogP contribution < -0.4 is 0 Å². The van der Waals surface area contributed by atoms with Gasteiger partial charge in [-0.05, 0) is 39.3 Å². The van der Waals surface area contributed by atoms with Crippen molar-refractivity contribution < 1.29 is 0 Å². The van der Waals surface area contributed by atoms with Crippen LogP contribution in [-0.2, 0) is 0 Å². The number of pyridine rings is 1. The summed E-state index contributed by atoms with van der Waals surface area (Å²) in [6, 6.07) is 8.33. The maximum absolute atomic E-state index is 4.81. The molecule has 0 bridgehead atoms. The first-order valence-electron chi connectivity index (χ1n) is 7.06. The van der Waals surface area contributed by atoms with E-state index >= 15 is 0 Å². The molecular weight excluding hydrogens is 246 g/mol. The van der Waals surface area contributed by atoms with Gasteiger partial charge >= 0.3 is 0 Å². The van der Waals surface area contributed by atoms with Gasteiger partial charge in [-0.15, -0.1) is 0 Å². The van der Waals surface area contributed by atoms with Crippen molar-refractivity contribution >= 4 is 16.7 Å². The third-order valence-electron chi connectivity index (χ3n) is 4.44. The topological polar surface area (TPSA) is 28.5 Å². The van der Waals surface area contributed by atoms with Gasteiger partial charge < -0.3 is 4.90 Å². The number of aromatic nitrogens is 1. The van der Waals surface area contributed by atoms with Crippen LogP contribution in [0.15, 0.2) is 29.3 Å². The van der Waals surface area contributed by atoms with Crippen LogP contribution >= 0.6 is 0 Å². The number of hydrogen-bond donors (Lipinski definition) is 0. The van der Waals surface area contributed by atoms with Crippen molar-refractivity contribution in [3.05, 3.63) is 41.1 Å². The van der Waals surface area contributed by atoms with Crippen LogP contribution in [0.2, 0.25) is 0 Å². The molecule has 104 valence electrons. The lowest BCUT2D eigenvalue weighted by Crippen LogP contribution is -2.42. The molecule has 0 fully saturated rings. The number of aliphatic imine (C=N–C) groups is 1. The first kappa shape index (κ1) is 13.1. The normalized spacial score (nSPS) is 17.6. The Kier molecular flexibility index (Phi) is 2.82. The van der Waals surface area contributed by atoms with Gasteiger partial charge in [-0.25, -0.2) is 0 Å². The smallest absolute Gasteiger partial charge is 0.132 e. The second-order valence-electron chi connectivity index (χ2n) is 6.23. The number of aryl methyl sites for hydroxylation is 1. The molecule has 0 saturated heterocycles. The number of nitrogens with zero attached hydrogens (tertiary/aromatic N) is 3. The Balaban J connectivity index is 2.29. The maximum atomic E-state index is 4.81. The van der Waals surface area contributed by atoms with E-state index in [2.05, 4.69) is 57.8 Å². The summed E-state index contributed by atoms with van der Waals surface area (Å²) in [7, 11) is 2.13. The van der Waals surface area contributed by atoms with Crippen LogP contribution in [0.4, 0.5) is 0 Å². The summed E-state index contributed by atoms with van der Waals surface area (Å²) < 4.78 is 0. The van der Waals surface area contributed by atoms with E-state index < -0.39 is 0 Å². The zero-order valence-corrected chi connectivity index (χ0v) is 12.9. The van der Waals surface area contributed by atoms with E-state index in [0.29, 0.717) is 0 Å². The summed E-state index contributed by atoms with van der Waals surface area (Å²) in [6.07, 6.45) is 0. The predicted molar refractivity (Wildman–Crippen MR) is 84.5 cm³/mol. The summed E-state index contributed by atoms with van der Waals surface area (Å²) in [5.74, 6) is 1.09. The van der Waals surface area contributed by atoms with Crippen molar-refractivity contribution in [3.8, 4) is 0 Å². The fourth-order valence-electron chi connectivity index (χ4n) is 2.73. The zero-order chi connectivity index (χ0) is 14.5. The van der Waals surface area contributed by atoms with E-state index in [0.717, 1.165) is 23.6 Å². The molecule has 0 amide bonds. The average molecular weight is 267 g/mol. The van der Waals surface area contributed by atoms with E-state index in [9.17, 15) is 0 Å². The number of likely N-dealkylation sites (N-methyl/N-ethyl adjacent to an activating group) is 1. The highest BCUT2D eigenvalue weighted by Gasteiger charge is 2.33. The fourth-order valence-corrected chi connectivity index (χ4v) is 2.73. The molecule has 0 atom stereocenters. The van der Waals surface area contributed by atoms with Gasteiger partial charge in [0.1, 0.15) is 5.84 Å². The molecule has 1 aliphatic heterocycles.